The van der Waals surface area contributed by atoms with Gasteiger partial charge < -0.3 is 21.6 Å². The second-order valence-corrected chi connectivity index (χ2v) is 6.06. The molecule has 1 rings (SSSR count). The molecule has 1 aromatic carbocycles. The molecule has 1 aromatic rings. The van der Waals surface area contributed by atoms with Crippen LogP contribution in [0.3, 0.4) is 0 Å². The van der Waals surface area contributed by atoms with Gasteiger partial charge in [-0.05, 0) is 36.6 Å². The van der Waals surface area contributed by atoms with E-state index in [-0.39, 0.29) is 30.4 Å². The molecule has 0 saturated heterocycles. The molecule has 11 heteroatoms. The quantitative estimate of drug-likeness (QED) is 0.245. The van der Waals surface area contributed by atoms with E-state index in [1.807, 2.05) is 13.8 Å². The van der Waals surface area contributed by atoms with Crippen molar-refractivity contribution in [1.82, 2.24) is 5.32 Å². The lowest BCUT2D eigenvalue weighted by Crippen LogP contribution is -2.43. The zero-order chi connectivity index (χ0) is 20.6. The number of nitrogens with zero attached hydrogens (tertiary/aromatic N) is 1. The van der Waals surface area contributed by atoms with Crippen LogP contribution in [-0.2, 0) is 15.7 Å². The minimum atomic E-state index is -4.48. The van der Waals surface area contributed by atoms with Crippen LogP contribution in [-0.4, -0.2) is 30.5 Å². The van der Waals surface area contributed by atoms with E-state index in [9.17, 15) is 22.8 Å². The maximum atomic E-state index is 12.5. The normalized spacial score (nSPS) is 13.2. The Morgan fingerprint density at radius 2 is 1.81 bits per heavy atom. The van der Waals surface area contributed by atoms with E-state index in [0.717, 1.165) is 24.3 Å². The summed E-state index contributed by atoms with van der Waals surface area (Å²) in [5, 5.41) is 7.91. The number of anilines is 1. The van der Waals surface area contributed by atoms with Crippen LogP contribution >= 0.6 is 0 Å². The van der Waals surface area contributed by atoms with Gasteiger partial charge in [0.2, 0.25) is 0 Å². The lowest BCUT2D eigenvalue weighted by molar-refractivity contribution is -0.137. The van der Waals surface area contributed by atoms with E-state index >= 15 is 0 Å². The summed E-state index contributed by atoms with van der Waals surface area (Å²) in [5.41, 5.74) is 4.62. The summed E-state index contributed by atoms with van der Waals surface area (Å²) in [5.74, 6) is 4.38. The van der Waals surface area contributed by atoms with Crippen LogP contribution in [0.5, 0.6) is 0 Å². The Hall–Kier alpha value is -2.98. The number of halogens is 3. The molecule has 6 N–H and O–H groups in total. The van der Waals surface area contributed by atoms with E-state index in [1.165, 1.54) is 0 Å². The molecular formula is C16H22F3N5O3. The number of amides is 2. The molecule has 0 heterocycles. The van der Waals surface area contributed by atoms with Crippen molar-refractivity contribution in [3.8, 4) is 0 Å². The molecule has 0 aliphatic carbocycles. The third kappa shape index (κ3) is 7.84. The smallest absolute Gasteiger partial charge is 0.416 e. The summed E-state index contributed by atoms with van der Waals surface area (Å²) in [4.78, 5) is 24.1. The van der Waals surface area contributed by atoms with Crippen molar-refractivity contribution in [2.75, 3.05) is 11.9 Å². The van der Waals surface area contributed by atoms with Crippen LogP contribution in [0.25, 0.3) is 0 Å². The fourth-order valence-corrected chi connectivity index (χ4v) is 1.99. The van der Waals surface area contributed by atoms with Crippen LogP contribution in [0.15, 0.2) is 29.4 Å². The summed E-state index contributed by atoms with van der Waals surface area (Å²) in [6, 6.07) is 3.81. The van der Waals surface area contributed by atoms with Gasteiger partial charge in [-0.15, -0.1) is 0 Å². The number of hydrogen-bond acceptors (Lipinski definition) is 5. The van der Waals surface area contributed by atoms with Crippen molar-refractivity contribution >= 4 is 23.5 Å². The Kier molecular flexibility index (Phi) is 7.88. The van der Waals surface area contributed by atoms with Gasteiger partial charge in [-0.2, -0.15) is 18.3 Å². The minimum Gasteiger partial charge on any atom is -0.436 e. The summed E-state index contributed by atoms with van der Waals surface area (Å²) in [6.45, 7) is 3.54. The number of benzene rings is 1. The highest BCUT2D eigenvalue weighted by Gasteiger charge is 2.30. The molecular weight excluding hydrogens is 367 g/mol. The topological polar surface area (TPSA) is 132 Å². The first-order valence-corrected chi connectivity index (χ1v) is 7.97. The first kappa shape index (κ1) is 22.1. The molecule has 0 bridgehead atoms. The average Bonchev–Trinajstić information content (AvgIpc) is 2.57. The van der Waals surface area contributed by atoms with Crippen molar-refractivity contribution < 1.29 is 27.5 Å². The molecule has 8 nitrogen and oxygen atoms in total. The largest absolute Gasteiger partial charge is 0.436 e. The van der Waals surface area contributed by atoms with Crippen LogP contribution < -0.4 is 22.2 Å². The molecule has 0 radical (unpaired) electrons. The maximum absolute atomic E-state index is 12.5. The number of carbonyl (C=O) groups excluding carboxylic acids is 2. The van der Waals surface area contributed by atoms with Gasteiger partial charge >= 0.3 is 12.3 Å². The Morgan fingerprint density at radius 1 is 1.22 bits per heavy atom. The van der Waals surface area contributed by atoms with Gasteiger partial charge in [-0.25, -0.2) is 4.79 Å². The number of hydrogen-bond donors (Lipinski definition) is 4. The van der Waals surface area contributed by atoms with Crippen LogP contribution in [0.2, 0.25) is 0 Å². The molecule has 1 atom stereocenters. The number of alkyl halides is 3. The maximum Gasteiger partial charge on any atom is 0.416 e. The van der Waals surface area contributed by atoms with E-state index in [4.69, 9.17) is 16.3 Å². The molecule has 0 aliphatic rings. The number of amidine groups is 1. The van der Waals surface area contributed by atoms with Crippen LogP contribution in [0.4, 0.5) is 23.7 Å². The highest BCUT2D eigenvalue weighted by molar-refractivity contribution is 5.91. The fraction of sp³-hybridized carbons (Fsp3) is 0.438. The Balaban J connectivity index is 2.71. The van der Waals surface area contributed by atoms with Gasteiger partial charge in [-0.3, -0.25) is 10.1 Å². The summed E-state index contributed by atoms with van der Waals surface area (Å²) in [6.07, 6.45) is -6.35. The van der Waals surface area contributed by atoms with E-state index < -0.39 is 29.8 Å². The van der Waals surface area contributed by atoms with Crippen molar-refractivity contribution in [2.45, 2.75) is 32.5 Å². The average molecular weight is 389 g/mol. The number of ether oxygens (including phenoxy) is 1. The zero-order valence-electron chi connectivity index (χ0n) is 14.8. The molecule has 2 amide bonds. The molecule has 0 spiro atoms. The number of rotatable bonds is 7. The lowest BCUT2D eigenvalue weighted by Gasteiger charge is -2.19. The third-order valence-electron chi connectivity index (χ3n) is 3.30. The van der Waals surface area contributed by atoms with Gasteiger partial charge in [0.05, 0.1) is 12.1 Å². The second-order valence-electron chi connectivity index (χ2n) is 6.06. The Labute approximate surface area is 154 Å². The zero-order valence-corrected chi connectivity index (χ0v) is 14.8. The number of hydrazone groups is 1. The van der Waals surface area contributed by atoms with Crippen molar-refractivity contribution in [1.29, 1.82) is 0 Å². The highest BCUT2D eigenvalue weighted by atomic mass is 19.4. The molecule has 150 valence electrons. The van der Waals surface area contributed by atoms with Crippen LogP contribution in [0.1, 0.15) is 25.8 Å². The molecule has 0 saturated carbocycles. The van der Waals surface area contributed by atoms with Crippen molar-refractivity contribution in [2.24, 2.45) is 22.6 Å². The molecule has 0 aromatic heterocycles. The Morgan fingerprint density at radius 3 is 2.30 bits per heavy atom. The van der Waals surface area contributed by atoms with Gasteiger partial charge in [0.1, 0.15) is 5.84 Å². The first-order chi connectivity index (χ1) is 12.5. The summed E-state index contributed by atoms with van der Waals surface area (Å²) >= 11 is 0. The fourth-order valence-electron chi connectivity index (χ4n) is 1.99. The molecule has 0 aliphatic heterocycles. The van der Waals surface area contributed by atoms with Crippen LogP contribution in [0, 0.1) is 5.92 Å². The monoisotopic (exact) mass is 389 g/mol. The lowest BCUT2D eigenvalue weighted by atomic mass is 10.1. The predicted octanol–water partition coefficient (Wildman–Crippen LogP) is 2.02. The van der Waals surface area contributed by atoms with E-state index in [1.54, 1.807) is 0 Å². The number of nitrogens with two attached hydrogens (primary N) is 2. The van der Waals surface area contributed by atoms with Crippen molar-refractivity contribution in [3.05, 3.63) is 29.8 Å². The molecule has 1 unspecified atom stereocenters. The molecule has 27 heavy (non-hydrogen) atoms. The van der Waals surface area contributed by atoms with E-state index in [0.29, 0.717) is 0 Å². The second kappa shape index (κ2) is 9.64. The standard InChI is InChI=1S/C16H22F3N5O3/c1-9(2)7-12(14(25)22-8-13(20)24-21)27-15(26)23-11-5-3-10(4-6-11)16(17,18)19/h3-6,9,12H,7-8,21H2,1-2H3,(H2,20,24)(H,22,25)(H,23,26). The van der Waals surface area contributed by atoms with Gasteiger partial charge in [-0.1, -0.05) is 13.8 Å². The number of nitrogens with one attached hydrogen (secondary N) is 2. The summed E-state index contributed by atoms with van der Waals surface area (Å²) in [7, 11) is 0. The SMILES string of the molecule is CC(C)CC(OC(=O)Nc1ccc(C(F)(F)F)cc1)C(=O)NC/C(N)=N/N. The third-order valence-corrected chi connectivity index (χ3v) is 3.30. The van der Waals surface area contributed by atoms with Gasteiger partial charge in [0.15, 0.2) is 6.10 Å². The van der Waals surface area contributed by atoms with Gasteiger partial charge in [0.25, 0.3) is 5.91 Å². The van der Waals surface area contributed by atoms with Crippen molar-refractivity contribution in [3.63, 3.8) is 0 Å². The van der Waals surface area contributed by atoms with Gasteiger partial charge in [0, 0.05) is 5.69 Å². The predicted molar refractivity (Wildman–Crippen MR) is 93.6 cm³/mol. The highest BCUT2D eigenvalue weighted by Crippen LogP contribution is 2.29. The first-order valence-electron chi connectivity index (χ1n) is 7.97. The number of carbonyl (C=O) groups is 2. The minimum absolute atomic E-state index is 0.0131. The summed E-state index contributed by atoms with van der Waals surface area (Å²) < 4.78 is 42.7. The Bertz CT molecular complexity index is 675. The molecule has 0 fully saturated rings. The van der Waals surface area contributed by atoms with E-state index in [2.05, 4.69) is 15.7 Å².